The lowest BCUT2D eigenvalue weighted by Crippen LogP contribution is -1.96. The van der Waals surface area contributed by atoms with Crippen molar-refractivity contribution in [2.24, 2.45) is 0 Å². The molecular weight excluding hydrogens is 211 g/mol. The summed E-state index contributed by atoms with van der Waals surface area (Å²) in [5.74, 6) is 0. The van der Waals surface area contributed by atoms with Gasteiger partial charge in [-0.1, -0.05) is 17.7 Å². The van der Waals surface area contributed by atoms with E-state index in [-0.39, 0.29) is 5.28 Å². The Morgan fingerprint density at radius 2 is 2.31 bits per heavy atom. The van der Waals surface area contributed by atoms with Crippen molar-refractivity contribution in [3.63, 3.8) is 0 Å². The molecule has 3 nitrogen and oxygen atoms in total. The normalized spacial score (nSPS) is 10.0. The molecule has 0 aliphatic heterocycles. The van der Waals surface area contributed by atoms with E-state index in [0.29, 0.717) is 23.9 Å². The lowest BCUT2D eigenvalue weighted by molar-refractivity contribution is 0.148. The van der Waals surface area contributed by atoms with Crippen LogP contribution in [0.3, 0.4) is 0 Å². The summed E-state index contributed by atoms with van der Waals surface area (Å²) in [4.78, 5) is 7.55. The zero-order valence-electron chi connectivity index (χ0n) is 6.83. The third kappa shape index (κ3) is 3.30. The standard InChI is InChI=1S/C8H8Cl2N2O/c1-2-3-13-5-6-4-11-8(10)12-7(6)9/h2,4H,1,3,5H2. The number of hydrogen-bond donors (Lipinski definition) is 0. The van der Waals surface area contributed by atoms with Crippen molar-refractivity contribution in [2.45, 2.75) is 6.61 Å². The van der Waals surface area contributed by atoms with Gasteiger partial charge in [0, 0.05) is 11.8 Å². The minimum Gasteiger partial charge on any atom is -0.373 e. The first-order chi connectivity index (χ1) is 6.24. The number of nitrogens with zero attached hydrogens (tertiary/aromatic N) is 2. The van der Waals surface area contributed by atoms with E-state index in [1.54, 1.807) is 12.3 Å². The third-order valence-corrected chi connectivity index (χ3v) is 1.78. The Morgan fingerprint density at radius 1 is 1.54 bits per heavy atom. The Hall–Kier alpha value is -0.640. The minimum atomic E-state index is 0.137. The van der Waals surface area contributed by atoms with Crippen molar-refractivity contribution < 1.29 is 4.74 Å². The molecule has 1 heterocycles. The average Bonchev–Trinajstić information content (AvgIpc) is 2.09. The summed E-state index contributed by atoms with van der Waals surface area (Å²) >= 11 is 11.3. The van der Waals surface area contributed by atoms with E-state index in [1.807, 2.05) is 0 Å². The molecule has 0 bridgehead atoms. The van der Waals surface area contributed by atoms with E-state index >= 15 is 0 Å². The van der Waals surface area contributed by atoms with E-state index in [4.69, 9.17) is 27.9 Å². The van der Waals surface area contributed by atoms with Crippen molar-refractivity contribution >= 4 is 23.2 Å². The van der Waals surface area contributed by atoms with Crippen LogP contribution < -0.4 is 0 Å². The van der Waals surface area contributed by atoms with Gasteiger partial charge in [-0.2, -0.15) is 0 Å². The summed E-state index contributed by atoms with van der Waals surface area (Å²) in [5, 5.41) is 0.460. The summed E-state index contributed by atoms with van der Waals surface area (Å²) in [6.45, 7) is 4.35. The molecule has 0 radical (unpaired) electrons. The monoisotopic (exact) mass is 218 g/mol. The average molecular weight is 219 g/mol. The molecule has 0 amide bonds. The fourth-order valence-electron chi connectivity index (χ4n) is 0.715. The van der Waals surface area contributed by atoms with Crippen LogP contribution in [0.4, 0.5) is 0 Å². The predicted molar refractivity (Wildman–Crippen MR) is 51.9 cm³/mol. The Bertz CT molecular complexity index is 304. The fraction of sp³-hybridized carbons (Fsp3) is 0.250. The van der Waals surface area contributed by atoms with Crippen LogP contribution in [0.15, 0.2) is 18.9 Å². The van der Waals surface area contributed by atoms with E-state index in [9.17, 15) is 0 Å². The summed E-state index contributed by atoms with van der Waals surface area (Å²) in [6.07, 6.45) is 3.20. The van der Waals surface area contributed by atoms with Crippen molar-refractivity contribution in [3.05, 3.63) is 34.9 Å². The Labute approximate surface area is 86.4 Å². The molecule has 13 heavy (non-hydrogen) atoms. The molecule has 5 heteroatoms. The first-order valence-corrected chi connectivity index (χ1v) is 4.35. The number of halogens is 2. The molecule has 1 aromatic heterocycles. The summed E-state index contributed by atoms with van der Waals surface area (Å²) in [7, 11) is 0. The smallest absolute Gasteiger partial charge is 0.223 e. The molecule has 0 saturated heterocycles. The fourth-order valence-corrected chi connectivity index (χ4v) is 1.08. The maximum atomic E-state index is 5.77. The highest BCUT2D eigenvalue weighted by molar-refractivity contribution is 6.32. The van der Waals surface area contributed by atoms with Crippen LogP contribution in [-0.2, 0) is 11.3 Å². The van der Waals surface area contributed by atoms with Gasteiger partial charge in [0.1, 0.15) is 5.15 Å². The Kier molecular flexibility index (Phi) is 4.15. The Balaban J connectivity index is 2.61. The molecule has 0 atom stereocenters. The molecule has 0 spiro atoms. The number of ether oxygens (including phenoxy) is 1. The molecule has 0 saturated carbocycles. The SMILES string of the molecule is C=CCOCc1cnc(Cl)nc1Cl. The van der Waals surface area contributed by atoms with Crippen molar-refractivity contribution in [2.75, 3.05) is 6.61 Å². The van der Waals surface area contributed by atoms with E-state index in [0.717, 1.165) is 0 Å². The van der Waals surface area contributed by atoms with E-state index in [2.05, 4.69) is 16.5 Å². The van der Waals surface area contributed by atoms with Crippen LogP contribution in [0.25, 0.3) is 0 Å². The van der Waals surface area contributed by atoms with Crippen molar-refractivity contribution in [1.29, 1.82) is 0 Å². The maximum Gasteiger partial charge on any atom is 0.223 e. The second kappa shape index (κ2) is 5.17. The topological polar surface area (TPSA) is 35.0 Å². The van der Waals surface area contributed by atoms with Gasteiger partial charge in [0.2, 0.25) is 5.28 Å². The molecular formula is C8H8Cl2N2O. The zero-order chi connectivity index (χ0) is 9.68. The van der Waals surface area contributed by atoms with Gasteiger partial charge >= 0.3 is 0 Å². The van der Waals surface area contributed by atoms with Crippen LogP contribution in [0, 0.1) is 0 Å². The maximum absolute atomic E-state index is 5.77. The second-order valence-electron chi connectivity index (χ2n) is 2.26. The van der Waals surface area contributed by atoms with Crippen molar-refractivity contribution in [1.82, 2.24) is 9.97 Å². The predicted octanol–water partition coefficient (Wildman–Crippen LogP) is 2.49. The highest BCUT2D eigenvalue weighted by Crippen LogP contribution is 2.14. The number of hydrogen-bond acceptors (Lipinski definition) is 3. The van der Waals surface area contributed by atoms with Crippen molar-refractivity contribution in [3.8, 4) is 0 Å². The molecule has 1 rings (SSSR count). The molecule has 0 aliphatic rings. The highest BCUT2D eigenvalue weighted by Gasteiger charge is 2.02. The third-order valence-electron chi connectivity index (χ3n) is 1.28. The first-order valence-electron chi connectivity index (χ1n) is 3.59. The van der Waals surface area contributed by atoms with E-state index in [1.165, 1.54) is 0 Å². The minimum absolute atomic E-state index is 0.137. The van der Waals surface area contributed by atoms with Crippen LogP contribution in [0.5, 0.6) is 0 Å². The van der Waals surface area contributed by atoms with E-state index < -0.39 is 0 Å². The molecule has 0 N–H and O–H groups in total. The lowest BCUT2D eigenvalue weighted by atomic mass is 10.4. The molecule has 0 unspecified atom stereocenters. The highest BCUT2D eigenvalue weighted by atomic mass is 35.5. The first kappa shape index (κ1) is 10.4. The molecule has 1 aromatic rings. The van der Waals surface area contributed by atoms with Crippen LogP contribution in [-0.4, -0.2) is 16.6 Å². The van der Waals surface area contributed by atoms with Gasteiger partial charge in [0.15, 0.2) is 0 Å². The van der Waals surface area contributed by atoms with Gasteiger partial charge in [-0.25, -0.2) is 9.97 Å². The lowest BCUT2D eigenvalue weighted by Gasteiger charge is -2.02. The van der Waals surface area contributed by atoms with Gasteiger partial charge in [0.25, 0.3) is 0 Å². The second-order valence-corrected chi connectivity index (χ2v) is 2.95. The molecule has 0 aliphatic carbocycles. The number of aromatic nitrogens is 2. The largest absolute Gasteiger partial charge is 0.373 e. The molecule has 0 aromatic carbocycles. The summed E-state index contributed by atoms with van der Waals surface area (Å²) < 4.78 is 5.16. The van der Waals surface area contributed by atoms with Gasteiger partial charge in [-0.05, 0) is 11.6 Å². The Morgan fingerprint density at radius 3 is 2.92 bits per heavy atom. The van der Waals surface area contributed by atoms with Crippen LogP contribution in [0.2, 0.25) is 10.4 Å². The zero-order valence-corrected chi connectivity index (χ0v) is 8.35. The summed E-state index contributed by atoms with van der Waals surface area (Å²) in [6, 6.07) is 0. The van der Waals surface area contributed by atoms with Gasteiger partial charge in [-0.15, -0.1) is 6.58 Å². The van der Waals surface area contributed by atoms with Crippen LogP contribution >= 0.6 is 23.2 Å². The number of rotatable bonds is 4. The van der Waals surface area contributed by atoms with Gasteiger partial charge < -0.3 is 4.74 Å². The van der Waals surface area contributed by atoms with Crippen LogP contribution in [0.1, 0.15) is 5.56 Å². The van der Waals surface area contributed by atoms with Gasteiger partial charge in [-0.3, -0.25) is 0 Å². The molecule has 0 fully saturated rings. The van der Waals surface area contributed by atoms with Gasteiger partial charge in [0.05, 0.1) is 13.2 Å². The summed E-state index contributed by atoms with van der Waals surface area (Å²) in [5.41, 5.74) is 0.716. The quantitative estimate of drug-likeness (QED) is 0.337. The molecule has 70 valence electrons.